The minimum absolute atomic E-state index is 0.129. The number of nitrogens with zero attached hydrogens (tertiary/aromatic N) is 1. The van der Waals surface area contributed by atoms with Crippen molar-refractivity contribution in [2.45, 2.75) is 6.54 Å². The number of benzene rings is 1. The summed E-state index contributed by atoms with van der Waals surface area (Å²) in [6.07, 6.45) is 1.70. The summed E-state index contributed by atoms with van der Waals surface area (Å²) < 4.78 is 10.4. The van der Waals surface area contributed by atoms with Gasteiger partial charge in [0, 0.05) is 12.3 Å². The predicted molar refractivity (Wildman–Crippen MR) is 84.1 cm³/mol. The number of hydrogen-bond acceptors (Lipinski definition) is 5. The molecule has 6 nitrogen and oxygen atoms in total. The minimum atomic E-state index is -0.129. The summed E-state index contributed by atoms with van der Waals surface area (Å²) in [5.41, 5.74) is 1.52. The first-order valence-corrected chi connectivity index (χ1v) is 6.85. The molecule has 0 fully saturated rings. The molecule has 22 heavy (non-hydrogen) atoms. The Hall–Kier alpha value is -2.76. The van der Waals surface area contributed by atoms with Crippen molar-refractivity contribution < 1.29 is 14.3 Å². The topological polar surface area (TPSA) is 72.5 Å². The summed E-state index contributed by atoms with van der Waals surface area (Å²) in [6, 6.07) is 10.9. The number of methoxy groups -OCH3 is 2. The normalized spacial score (nSPS) is 9.91. The van der Waals surface area contributed by atoms with Crippen LogP contribution in [0.25, 0.3) is 0 Å². The maximum absolute atomic E-state index is 11.9. The van der Waals surface area contributed by atoms with Gasteiger partial charge in [-0.25, -0.2) is 0 Å². The van der Waals surface area contributed by atoms with Gasteiger partial charge in [0.1, 0.15) is 11.5 Å². The SMILES string of the molecule is COc1ccc(OC)c(NCC(=O)NCc2ccccn2)c1. The highest BCUT2D eigenvalue weighted by atomic mass is 16.5. The van der Waals surface area contributed by atoms with Gasteiger partial charge in [-0.05, 0) is 24.3 Å². The molecule has 1 amide bonds. The van der Waals surface area contributed by atoms with E-state index in [9.17, 15) is 4.79 Å². The second-order valence-electron chi connectivity index (χ2n) is 4.52. The Labute approximate surface area is 129 Å². The zero-order valence-electron chi connectivity index (χ0n) is 12.6. The van der Waals surface area contributed by atoms with Gasteiger partial charge in [0.05, 0.1) is 38.7 Å². The number of hydrogen-bond donors (Lipinski definition) is 2. The molecule has 1 heterocycles. The van der Waals surface area contributed by atoms with Crippen molar-refractivity contribution in [1.29, 1.82) is 0 Å². The average molecular weight is 301 g/mol. The van der Waals surface area contributed by atoms with E-state index in [4.69, 9.17) is 9.47 Å². The molecule has 0 unspecified atom stereocenters. The molecule has 0 spiro atoms. The highest BCUT2D eigenvalue weighted by Crippen LogP contribution is 2.28. The van der Waals surface area contributed by atoms with Crippen molar-refractivity contribution in [2.24, 2.45) is 0 Å². The van der Waals surface area contributed by atoms with E-state index in [1.54, 1.807) is 38.6 Å². The van der Waals surface area contributed by atoms with Crippen molar-refractivity contribution in [2.75, 3.05) is 26.1 Å². The first kappa shape index (κ1) is 15.6. The highest BCUT2D eigenvalue weighted by Gasteiger charge is 2.07. The highest BCUT2D eigenvalue weighted by molar-refractivity contribution is 5.81. The molecule has 6 heteroatoms. The molecule has 0 radical (unpaired) electrons. The summed E-state index contributed by atoms with van der Waals surface area (Å²) in [5.74, 6) is 1.21. The summed E-state index contributed by atoms with van der Waals surface area (Å²) >= 11 is 0. The predicted octanol–water partition coefficient (Wildman–Crippen LogP) is 1.83. The molecule has 0 bridgehead atoms. The van der Waals surface area contributed by atoms with E-state index in [1.807, 2.05) is 18.2 Å². The molecule has 0 aliphatic rings. The molecular weight excluding hydrogens is 282 g/mol. The van der Waals surface area contributed by atoms with Crippen LogP contribution in [0.15, 0.2) is 42.6 Å². The third-order valence-corrected chi connectivity index (χ3v) is 3.04. The molecule has 2 N–H and O–H groups in total. The van der Waals surface area contributed by atoms with Gasteiger partial charge >= 0.3 is 0 Å². The maximum atomic E-state index is 11.9. The quantitative estimate of drug-likeness (QED) is 0.816. The number of carbonyl (C=O) groups is 1. The summed E-state index contributed by atoms with van der Waals surface area (Å²) in [5, 5.41) is 5.84. The van der Waals surface area contributed by atoms with E-state index in [1.165, 1.54) is 0 Å². The number of anilines is 1. The van der Waals surface area contributed by atoms with Crippen LogP contribution in [-0.2, 0) is 11.3 Å². The third kappa shape index (κ3) is 4.37. The van der Waals surface area contributed by atoms with Gasteiger partial charge in [-0.2, -0.15) is 0 Å². The number of rotatable bonds is 7. The summed E-state index contributed by atoms with van der Waals surface area (Å²) in [7, 11) is 3.17. The van der Waals surface area contributed by atoms with Crippen LogP contribution in [0.1, 0.15) is 5.69 Å². The van der Waals surface area contributed by atoms with Crippen molar-refractivity contribution in [1.82, 2.24) is 10.3 Å². The number of nitrogens with one attached hydrogen (secondary N) is 2. The lowest BCUT2D eigenvalue weighted by Crippen LogP contribution is -2.29. The van der Waals surface area contributed by atoms with Gasteiger partial charge in [-0.15, -0.1) is 0 Å². The number of aromatic nitrogens is 1. The largest absolute Gasteiger partial charge is 0.497 e. The zero-order chi connectivity index (χ0) is 15.8. The molecule has 116 valence electrons. The van der Waals surface area contributed by atoms with E-state index >= 15 is 0 Å². The lowest BCUT2D eigenvalue weighted by Gasteiger charge is -2.12. The van der Waals surface area contributed by atoms with Crippen LogP contribution in [0, 0.1) is 0 Å². The Bertz CT molecular complexity index is 617. The fraction of sp³-hybridized carbons (Fsp3) is 0.250. The Kier molecular flexibility index (Phi) is 5.59. The second kappa shape index (κ2) is 7.87. The molecule has 2 rings (SSSR count). The Morgan fingerprint density at radius 1 is 1.18 bits per heavy atom. The van der Waals surface area contributed by atoms with Crippen molar-refractivity contribution >= 4 is 11.6 Å². The van der Waals surface area contributed by atoms with Crippen LogP contribution in [-0.4, -0.2) is 31.7 Å². The number of amides is 1. The lowest BCUT2D eigenvalue weighted by molar-refractivity contribution is -0.119. The molecule has 1 aromatic carbocycles. The molecule has 2 aromatic rings. The number of carbonyl (C=O) groups excluding carboxylic acids is 1. The zero-order valence-corrected chi connectivity index (χ0v) is 12.6. The van der Waals surface area contributed by atoms with Crippen LogP contribution < -0.4 is 20.1 Å². The maximum Gasteiger partial charge on any atom is 0.239 e. The van der Waals surface area contributed by atoms with E-state index in [0.29, 0.717) is 23.7 Å². The van der Waals surface area contributed by atoms with Crippen LogP contribution >= 0.6 is 0 Å². The monoisotopic (exact) mass is 301 g/mol. The minimum Gasteiger partial charge on any atom is -0.497 e. The molecule has 0 aliphatic heterocycles. The van der Waals surface area contributed by atoms with Crippen LogP contribution in [0.2, 0.25) is 0 Å². The van der Waals surface area contributed by atoms with Gasteiger partial charge in [-0.1, -0.05) is 6.07 Å². The smallest absolute Gasteiger partial charge is 0.239 e. The van der Waals surface area contributed by atoms with Gasteiger partial charge in [-0.3, -0.25) is 9.78 Å². The Morgan fingerprint density at radius 3 is 2.73 bits per heavy atom. The van der Waals surface area contributed by atoms with E-state index < -0.39 is 0 Å². The number of ether oxygens (including phenoxy) is 2. The summed E-state index contributed by atoms with van der Waals surface area (Å²) in [6.45, 7) is 0.535. The van der Waals surface area contributed by atoms with E-state index in [0.717, 1.165) is 5.69 Å². The van der Waals surface area contributed by atoms with Crippen molar-refractivity contribution in [3.05, 3.63) is 48.3 Å². The molecule has 0 saturated carbocycles. The first-order valence-electron chi connectivity index (χ1n) is 6.85. The van der Waals surface area contributed by atoms with Crippen LogP contribution in [0.4, 0.5) is 5.69 Å². The van der Waals surface area contributed by atoms with Gasteiger partial charge < -0.3 is 20.1 Å². The molecule has 0 atom stereocenters. The first-order chi connectivity index (χ1) is 10.7. The fourth-order valence-corrected chi connectivity index (χ4v) is 1.88. The van der Waals surface area contributed by atoms with Crippen LogP contribution in [0.3, 0.4) is 0 Å². The van der Waals surface area contributed by atoms with Gasteiger partial charge in [0.2, 0.25) is 5.91 Å². The average Bonchev–Trinajstić information content (AvgIpc) is 2.58. The lowest BCUT2D eigenvalue weighted by atomic mass is 10.2. The Balaban J connectivity index is 1.88. The summed E-state index contributed by atoms with van der Waals surface area (Å²) in [4.78, 5) is 16.0. The van der Waals surface area contributed by atoms with E-state index in [-0.39, 0.29) is 12.5 Å². The van der Waals surface area contributed by atoms with Crippen LogP contribution in [0.5, 0.6) is 11.5 Å². The third-order valence-electron chi connectivity index (χ3n) is 3.04. The fourth-order valence-electron chi connectivity index (χ4n) is 1.88. The molecule has 0 aliphatic carbocycles. The number of pyridine rings is 1. The van der Waals surface area contributed by atoms with E-state index in [2.05, 4.69) is 15.6 Å². The molecule has 1 aromatic heterocycles. The standard InChI is InChI=1S/C16H19N3O3/c1-21-13-6-7-15(22-2)14(9-13)18-11-16(20)19-10-12-5-3-4-8-17-12/h3-9,18H,10-11H2,1-2H3,(H,19,20). The van der Waals surface area contributed by atoms with Gasteiger partial charge in [0.25, 0.3) is 0 Å². The van der Waals surface area contributed by atoms with Crippen molar-refractivity contribution in [3.63, 3.8) is 0 Å². The molecule has 0 saturated heterocycles. The Morgan fingerprint density at radius 2 is 2.05 bits per heavy atom. The van der Waals surface area contributed by atoms with Gasteiger partial charge in [0.15, 0.2) is 0 Å². The molecular formula is C16H19N3O3. The second-order valence-corrected chi connectivity index (χ2v) is 4.52. The van der Waals surface area contributed by atoms with Crippen molar-refractivity contribution in [3.8, 4) is 11.5 Å².